The Kier molecular flexibility index (Phi) is 7.94. The summed E-state index contributed by atoms with van der Waals surface area (Å²) in [5.74, 6) is -1.01. The molecule has 0 unspecified atom stereocenters. The van der Waals surface area contributed by atoms with E-state index < -0.39 is 29.6 Å². The van der Waals surface area contributed by atoms with Gasteiger partial charge < -0.3 is 26.7 Å². The molecule has 4 rings (SSSR count). The van der Waals surface area contributed by atoms with Crippen molar-refractivity contribution in [1.82, 2.24) is 20.9 Å². The van der Waals surface area contributed by atoms with E-state index in [0.29, 0.717) is 12.8 Å². The fourth-order valence-corrected chi connectivity index (χ4v) is 5.17. The van der Waals surface area contributed by atoms with Crippen LogP contribution in [0.2, 0.25) is 0 Å². The predicted molar refractivity (Wildman–Crippen MR) is 148 cm³/mol. The minimum Gasteiger partial charge on any atom is -0.361 e. The van der Waals surface area contributed by atoms with Crippen molar-refractivity contribution in [2.24, 2.45) is 5.73 Å². The zero-order chi connectivity index (χ0) is 26.6. The van der Waals surface area contributed by atoms with Gasteiger partial charge >= 0.3 is 0 Å². The maximum atomic E-state index is 13.6. The SMILES string of the molecule is CCC(=O)N[C@@H](Cc1c[nH]c2ccccc12)NC(=O)[C@@H](Cc1csc2ccccc12)NC(=O)C(C)(C)N. The van der Waals surface area contributed by atoms with Crippen molar-refractivity contribution in [2.75, 3.05) is 0 Å². The molecule has 0 aliphatic heterocycles. The van der Waals surface area contributed by atoms with E-state index in [1.807, 2.05) is 60.1 Å². The van der Waals surface area contributed by atoms with Crippen LogP contribution in [-0.4, -0.2) is 40.5 Å². The lowest BCUT2D eigenvalue weighted by atomic mass is 10.0. The molecule has 0 saturated heterocycles. The highest BCUT2D eigenvalue weighted by molar-refractivity contribution is 7.17. The van der Waals surface area contributed by atoms with E-state index in [9.17, 15) is 14.4 Å². The van der Waals surface area contributed by atoms with Crippen LogP contribution in [0.5, 0.6) is 0 Å². The maximum Gasteiger partial charge on any atom is 0.244 e. The van der Waals surface area contributed by atoms with Crippen LogP contribution in [0.15, 0.2) is 60.1 Å². The monoisotopic (exact) mass is 519 g/mol. The van der Waals surface area contributed by atoms with E-state index in [4.69, 9.17) is 5.73 Å². The van der Waals surface area contributed by atoms with Gasteiger partial charge in [0.05, 0.1) is 5.54 Å². The van der Waals surface area contributed by atoms with E-state index in [1.54, 1.807) is 32.1 Å². The Morgan fingerprint density at radius 2 is 1.65 bits per heavy atom. The number of carbonyl (C=O) groups is 3. The number of thiophene rings is 1. The first-order valence-electron chi connectivity index (χ1n) is 12.4. The smallest absolute Gasteiger partial charge is 0.244 e. The number of aromatic amines is 1. The Morgan fingerprint density at radius 3 is 2.38 bits per heavy atom. The third-order valence-electron chi connectivity index (χ3n) is 6.26. The average Bonchev–Trinajstić information content (AvgIpc) is 3.47. The number of benzene rings is 2. The van der Waals surface area contributed by atoms with Crippen LogP contribution in [0.1, 0.15) is 38.3 Å². The standard InChI is InChI=1S/C28H33N5O3S/c1-4-25(34)32-24(14-17-15-30-21-11-7-5-9-19(17)21)33-26(35)22(31-27(36)28(2,3)29)13-18-16-37-23-12-8-6-10-20(18)23/h5-12,15-16,22,24,30H,4,13-14,29H2,1-3H3,(H,31,36)(H,32,34)(H,33,35)/t22-,24-/m1/s1. The zero-order valence-corrected chi connectivity index (χ0v) is 22.1. The van der Waals surface area contributed by atoms with Gasteiger partial charge in [-0.2, -0.15) is 0 Å². The summed E-state index contributed by atoms with van der Waals surface area (Å²) in [6, 6.07) is 14.9. The fourth-order valence-electron chi connectivity index (χ4n) is 4.19. The number of rotatable bonds is 10. The van der Waals surface area contributed by atoms with Crippen molar-refractivity contribution in [3.05, 3.63) is 71.2 Å². The summed E-state index contributed by atoms with van der Waals surface area (Å²) >= 11 is 1.59. The Hall–Kier alpha value is -3.69. The van der Waals surface area contributed by atoms with Gasteiger partial charge in [-0.3, -0.25) is 14.4 Å². The van der Waals surface area contributed by atoms with Crippen molar-refractivity contribution in [3.8, 4) is 0 Å². The Morgan fingerprint density at radius 1 is 0.946 bits per heavy atom. The number of H-pyrrole nitrogens is 1. The van der Waals surface area contributed by atoms with Crippen LogP contribution in [0.25, 0.3) is 21.0 Å². The van der Waals surface area contributed by atoms with E-state index in [-0.39, 0.29) is 12.3 Å². The lowest BCUT2D eigenvalue weighted by Crippen LogP contribution is -2.59. The largest absolute Gasteiger partial charge is 0.361 e. The van der Waals surface area contributed by atoms with Gasteiger partial charge in [-0.15, -0.1) is 11.3 Å². The lowest BCUT2D eigenvalue weighted by molar-refractivity contribution is -0.132. The zero-order valence-electron chi connectivity index (χ0n) is 21.3. The number of nitrogens with one attached hydrogen (secondary N) is 4. The average molecular weight is 520 g/mol. The van der Waals surface area contributed by atoms with E-state index in [2.05, 4.69) is 20.9 Å². The summed E-state index contributed by atoms with van der Waals surface area (Å²) in [5, 5.41) is 12.8. The minimum absolute atomic E-state index is 0.183. The van der Waals surface area contributed by atoms with Gasteiger partial charge in [-0.1, -0.05) is 43.3 Å². The molecule has 0 saturated carbocycles. The van der Waals surface area contributed by atoms with Gasteiger partial charge in [0.2, 0.25) is 17.7 Å². The molecule has 6 N–H and O–H groups in total. The fraction of sp³-hybridized carbons (Fsp3) is 0.321. The topological polar surface area (TPSA) is 129 Å². The van der Waals surface area contributed by atoms with E-state index in [1.165, 1.54) is 0 Å². The number of fused-ring (bicyclic) bond motifs is 2. The first-order valence-corrected chi connectivity index (χ1v) is 13.2. The number of hydrogen-bond acceptors (Lipinski definition) is 5. The number of aromatic nitrogens is 1. The highest BCUT2D eigenvalue weighted by atomic mass is 32.1. The molecule has 194 valence electrons. The number of amides is 3. The first kappa shape index (κ1) is 26.4. The molecule has 0 fully saturated rings. The first-order chi connectivity index (χ1) is 17.7. The molecular formula is C28H33N5O3S. The highest BCUT2D eigenvalue weighted by Crippen LogP contribution is 2.27. The third kappa shape index (κ3) is 6.36. The molecule has 0 radical (unpaired) electrons. The van der Waals surface area contributed by atoms with E-state index >= 15 is 0 Å². The quantitative estimate of drug-likeness (QED) is 0.206. The van der Waals surface area contributed by atoms with Gasteiger partial charge in [0.1, 0.15) is 12.2 Å². The number of carbonyl (C=O) groups excluding carboxylic acids is 3. The minimum atomic E-state index is -1.16. The number of nitrogens with two attached hydrogens (primary N) is 1. The third-order valence-corrected chi connectivity index (χ3v) is 7.28. The molecule has 37 heavy (non-hydrogen) atoms. The molecule has 2 heterocycles. The maximum absolute atomic E-state index is 13.6. The number of para-hydroxylation sites is 1. The second-order valence-electron chi connectivity index (χ2n) is 9.75. The van der Waals surface area contributed by atoms with E-state index in [0.717, 1.165) is 32.1 Å². The molecule has 0 bridgehead atoms. The van der Waals surface area contributed by atoms with Crippen molar-refractivity contribution in [1.29, 1.82) is 0 Å². The highest BCUT2D eigenvalue weighted by Gasteiger charge is 2.30. The summed E-state index contributed by atoms with van der Waals surface area (Å²) in [6.45, 7) is 4.95. The van der Waals surface area contributed by atoms with Crippen LogP contribution in [0.4, 0.5) is 0 Å². The second-order valence-corrected chi connectivity index (χ2v) is 10.7. The summed E-state index contributed by atoms with van der Waals surface area (Å²) in [4.78, 5) is 42.0. The predicted octanol–water partition coefficient (Wildman–Crippen LogP) is 3.36. The second kappa shape index (κ2) is 11.1. The van der Waals surface area contributed by atoms with Gasteiger partial charge in [0.25, 0.3) is 0 Å². The van der Waals surface area contributed by atoms with Crippen LogP contribution in [0.3, 0.4) is 0 Å². The summed E-state index contributed by atoms with van der Waals surface area (Å²) in [5.41, 5.74) is 7.76. The molecule has 8 nitrogen and oxygen atoms in total. The molecule has 0 spiro atoms. The number of hydrogen-bond donors (Lipinski definition) is 5. The molecule has 2 aromatic carbocycles. The Balaban J connectivity index is 1.59. The molecule has 2 aromatic heterocycles. The normalized spacial score (nSPS) is 13.3. The van der Waals surface area contributed by atoms with Gasteiger partial charge in [-0.25, -0.2) is 0 Å². The van der Waals surface area contributed by atoms with Crippen LogP contribution in [0, 0.1) is 0 Å². The van der Waals surface area contributed by atoms with Crippen molar-refractivity contribution >= 4 is 50.0 Å². The van der Waals surface area contributed by atoms with Gasteiger partial charge in [-0.05, 0) is 47.9 Å². The van der Waals surface area contributed by atoms with Gasteiger partial charge in [0, 0.05) is 41.1 Å². The summed E-state index contributed by atoms with van der Waals surface area (Å²) in [7, 11) is 0. The lowest BCUT2D eigenvalue weighted by Gasteiger charge is -2.26. The summed E-state index contributed by atoms with van der Waals surface area (Å²) < 4.78 is 1.11. The van der Waals surface area contributed by atoms with Gasteiger partial charge in [0.15, 0.2) is 0 Å². The molecule has 0 aliphatic carbocycles. The summed E-state index contributed by atoms with van der Waals surface area (Å²) in [6.07, 6.45) is 2.17. The van der Waals surface area contributed by atoms with Crippen LogP contribution >= 0.6 is 11.3 Å². The molecule has 3 amide bonds. The van der Waals surface area contributed by atoms with Crippen LogP contribution < -0.4 is 21.7 Å². The van der Waals surface area contributed by atoms with Crippen molar-refractivity contribution in [3.63, 3.8) is 0 Å². The molecule has 4 aromatic rings. The van der Waals surface area contributed by atoms with Crippen LogP contribution in [-0.2, 0) is 27.2 Å². The Bertz CT molecular complexity index is 1420. The molecular weight excluding hydrogens is 486 g/mol. The molecule has 2 atom stereocenters. The van der Waals surface area contributed by atoms with Crippen molar-refractivity contribution in [2.45, 2.75) is 57.8 Å². The van der Waals surface area contributed by atoms with Crippen molar-refractivity contribution < 1.29 is 14.4 Å². The molecule has 0 aliphatic rings. The Labute approximate surface area is 220 Å². The molecule has 9 heteroatoms.